The Kier molecular flexibility index (Phi) is 3.53. The Morgan fingerprint density at radius 3 is 2.79 bits per heavy atom. The lowest BCUT2D eigenvalue weighted by Gasteiger charge is -2.15. The number of nitrogens with zero attached hydrogens (tertiary/aromatic N) is 2. The van der Waals surface area contributed by atoms with Crippen LogP contribution in [0.25, 0.3) is 10.8 Å². The number of fused-ring (bicyclic) bond motifs is 1. The summed E-state index contributed by atoms with van der Waals surface area (Å²) in [4.78, 5) is 0. The van der Waals surface area contributed by atoms with Crippen LogP contribution >= 0.6 is 11.7 Å². The van der Waals surface area contributed by atoms with Gasteiger partial charge in [0.25, 0.3) is 0 Å². The molecule has 1 atom stereocenters. The van der Waals surface area contributed by atoms with Crippen molar-refractivity contribution < 1.29 is 0 Å². The average molecular weight is 269 g/mol. The molecule has 3 aromatic rings. The molecule has 1 aromatic heterocycles. The standard InChI is InChI=1S/C15H15N3S/c1-16-14(15-10-17-19-18-15)9-12-7-4-6-11-5-2-3-8-13(11)12/h2-8,10,14,16H,9H2,1H3. The van der Waals surface area contributed by atoms with E-state index in [9.17, 15) is 0 Å². The van der Waals surface area contributed by atoms with Crippen LogP contribution in [0.5, 0.6) is 0 Å². The monoisotopic (exact) mass is 269 g/mol. The second kappa shape index (κ2) is 5.47. The van der Waals surface area contributed by atoms with Gasteiger partial charge < -0.3 is 5.32 Å². The zero-order chi connectivity index (χ0) is 13.1. The van der Waals surface area contributed by atoms with Crippen molar-refractivity contribution in [1.29, 1.82) is 0 Å². The smallest absolute Gasteiger partial charge is 0.0915 e. The molecule has 0 saturated heterocycles. The molecule has 1 heterocycles. The molecule has 0 bridgehead atoms. The van der Waals surface area contributed by atoms with Gasteiger partial charge in [0.1, 0.15) is 0 Å². The van der Waals surface area contributed by atoms with Crippen molar-refractivity contribution in [2.75, 3.05) is 7.05 Å². The van der Waals surface area contributed by atoms with Crippen LogP contribution in [0.2, 0.25) is 0 Å². The third kappa shape index (κ3) is 2.50. The molecule has 3 rings (SSSR count). The molecule has 0 aliphatic rings. The second-order valence-electron chi connectivity index (χ2n) is 4.52. The lowest BCUT2D eigenvalue weighted by molar-refractivity contribution is 0.582. The first kappa shape index (κ1) is 12.3. The maximum Gasteiger partial charge on any atom is 0.0915 e. The Bertz CT molecular complexity index is 659. The Hall–Kier alpha value is -1.78. The highest BCUT2D eigenvalue weighted by atomic mass is 32.1. The van der Waals surface area contributed by atoms with E-state index in [0.29, 0.717) is 0 Å². The molecule has 0 amide bonds. The topological polar surface area (TPSA) is 37.8 Å². The molecule has 2 aromatic carbocycles. The quantitative estimate of drug-likeness (QED) is 0.790. The number of nitrogens with one attached hydrogen (secondary N) is 1. The summed E-state index contributed by atoms with van der Waals surface area (Å²) in [5.41, 5.74) is 2.35. The van der Waals surface area contributed by atoms with Crippen LogP contribution in [0.3, 0.4) is 0 Å². The van der Waals surface area contributed by atoms with Crippen LogP contribution < -0.4 is 5.32 Å². The average Bonchev–Trinajstić information content (AvgIpc) is 2.99. The molecule has 96 valence electrons. The Labute approximate surface area is 116 Å². The molecule has 0 aliphatic heterocycles. The zero-order valence-electron chi connectivity index (χ0n) is 10.7. The Balaban J connectivity index is 1.96. The largest absolute Gasteiger partial charge is 0.311 e. The zero-order valence-corrected chi connectivity index (χ0v) is 11.5. The maximum absolute atomic E-state index is 4.33. The predicted molar refractivity (Wildman–Crippen MR) is 79.4 cm³/mol. The van der Waals surface area contributed by atoms with E-state index >= 15 is 0 Å². The first-order valence-electron chi connectivity index (χ1n) is 6.30. The molecular formula is C15H15N3S. The van der Waals surface area contributed by atoms with Gasteiger partial charge in [-0.05, 0) is 29.8 Å². The molecular weight excluding hydrogens is 254 g/mol. The van der Waals surface area contributed by atoms with Crippen molar-refractivity contribution in [3.63, 3.8) is 0 Å². The van der Waals surface area contributed by atoms with Gasteiger partial charge >= 0.3 is 0 Å². The lowest BCUT2D eigenvalue weighted by Crippen LogP contribution is -2.19. The van der Waals surface area contributed by atoms with Gasteiger partial charge in [-0.25, -0.2) is 0 Å². The number of benzene rings is 2. The molecule has 0 saturated carbocycles. The minimum atomic E-state index is 0.213. The number of likely N-dealkylation sites (N-methyl/N-ethyl adjacent to an activating group) is 1. The lowest BCUT2D eigenvalue weighted by atomic mass is 9.98. The second-order valence-corrected chi connectivity index (χ2v) is 5.07. The highest BCUT2D eigenvalue weighted by molar-refractivity contribution is 6.99. The van der Waals surface area contributed by atoms with E-state index in [1.165, 1.54) is 28.1 Å². The molecule has 0 radical (unpaired) electrons. The van der Waals surface area contributed by atoms with Crippen LogP contribution in [0.4, 0.5) is 0 Å². The van der Waals surface area contributed by atoms with Crippen molar-refractivity contribution in [2.45, 2.75) is 12.5 Å². The van der Waals surface area contributed by atoms with Crippen molar-refractivity contribution in [1.82, 2.24) is 14.1 Å². The number of hydrogen-bond acceptors (Lipinski definition) is 4. The number of hydrogen-bond donors (Lipinski definition) is 1. The summed E-state index contributed by atoms with van der Waals surface area (Å²) in [7, 11) is 1.97. The predicted octanol–water partition coefficient (Wildman–Crippen LogP) is 3.19. The summed E-state index contributed by atoms with van der Waals surface area (Å²) in [6.45, 7) is 0. The van der Waals surface area contributed by atoms with Crippen LogP contribution in [-0.4, -0.2) is 15.8 Å². The van der Waals surface area contributed by atoms with Gasteiger partial charge in [-0.1, -0.05) is 42.5 Å². The number of aromatic nitrogens is 2. The van der Waals surface area contributed by atoms with Crippen molar-refractivity contribution in [3.8, 4) is 0 Å². The summed E-state index contributed by atoms with van der Waals surface area (Å²) in [6, 6.07) is 15.2. The van der Waals surface area contributed by atoms with E-state index in [1.807, 2.05) is 13.2 Å². The van der Waals surface area contributed by atoms with Crippen LogP contribution in [0.15, 0.2) is 48.7 Å². The summed E-state index contributed by atoms with van der Waals surface area (Å²) in [5, 5.41) is 5.92. The van der Waals surface area contributed by atoms with Crippen molar-refractivity contribution in [3.05, 3.63) is 59.9 Å². The fraction of sp³-hybridized carbons (Fsp3) is 0.200. The van der Waals surface area contributed by atoms with Crippen LogP contribution in [0.1, 0.15) is 17.3 Å². The minimum absolute atomic E-state index is 0.213. The summed E-state index contributed by atoms with van der Waals surface area (Å²) < 4.78 is 8.42. The van der Waals surface area contributed by atoms with E-state index in [4.69, 9.17) is 0 Å². The third-order valence-electron chi connectivity index (χ3n) is 3.39. The summed E-state index contributed by atoms with van der Waals surface area (Å²) in [5.74, 6) is 0. The van der Waals surface area contributed by atoms with Gasteiger partial charge in [0.15, 0.2) is 0 Å². The maximum atomic E-state index is 4.33. The minimum Gasteiger partial charge on any atom is -0.311 e. The highest BCUT2D eigenvalue weighted by Crippen LogP contribution is 2.23. The van der Waals surface area contributed by atoms with Gasteiger partial charge in [-0.3, -0.25) is 0 Å². The van der Waals surface area contributed by atoms with E-state index in [-0.39, 0.29) is 6.04 Å². The van der Waals surface area contributed by atoms with Crippen molar-refractivity contribution in [2.24, 2.45) is 0 Å². The normalized spacial score (nSPS) is 12.7. The highest BCUT2D eigenvalue weighted by Gasteiger charge is 2.14. The van der Waals surface area contributed by atoms with Gasteiger partial charge in [0.05, 0.1) is 29.7 Å². The molecule has 4 heteroatoms. The number of rotatable bonds is 4. The molecule has 3 nitrogen and oxygen atoms in total. The van der Waals surface area contributed by atoms with E-state index < -0.39 is 0 Å². The van der Waals surface area contributed by atoms with E-state index in [2.05, 4.69) is 56.5 Å². The molecule has 0 spiro atoms. The van der Waals surface area contributed by atoms with E-state index in [1.54, 1.807) is 0 Å². The Morgan fingerprint density at radius 1 is 1.16 bits per heavy atom. The first-order chi connectivity index (χ1) is 9.38. The van der Waals surface area contributed by atoms with Gasteiger partial charge in [0.2, 0.25) is 0 Å². The molecule has 1 unspecified atom stereocenters. The van der Waals surface area contributed by atoms with Crippen LogP contribution in [-0.2, 0) is 6.42 Å². The van der Waals surface area contributed by atoms with Crippen LogP contribution in [0, 0.1) is 0 Å². The van der Waals surface area contributed by atoms with Gasteiger partial charge in [-0.2, -0.15) is 8.75 Å². The first-order valence-corrected chi connectivity index (χ1v) is 7.03. The summed E-state index contributed by atoms with van der Waals surface area (Å²) >= 11 is 1.26. The molecule has 0 fully saturated rings. The SMILES string of the molecule is CNC(Cc1cccc2ccccc12)c1cnsn1. The van der Waals surface area contributed by atoms with Gasteiger partial charge in [0, 0.05) is 0 Å². The Morgan fingerprint density at radius 2 is 2.00 bits per heavy atom. The fourth-order valence-electron chi connectivity index (χ4n) is 2.37. The third-order valence-corrected chi connectivity index (χ3v) is 3.88. The summed E-state index contributed by atoms with van der Waals surface area (Å²) in [6.07, 6.45) is 2.76. The molecule has 19 heavy (non-hydrogen) atoms. The van der Waals surface area contributed by atoms with Crippen molar-refractivity contribution >= 4 is 22.5 Å². The molecule has 1 N–H and O–H groups in total. The fourth-order valence-corrected chi connectivity index (χ4v) is 2.84. The van der Waals surface area contributed by atoms with E-state index in [0.717, 1.165) is 12.1 Å². The molecule has 0 aliphatic carbocycles. The van der Waals surface area contributed by atoms with Gasteiger partial charge in [-0.15, -0.1) is 0 Å².